The zero-order valence-electron chi connectivity index (χ0n) is 14.1. The maximum Gasteiger partial charge on any atom is 0.224 e. The van der Waals surface area contributed by atoms with Crippen LogP contribution in [0.1, 0.15) is 50.6 Å². The van der Waals surface area contributed by atoms with Crippen molar-refractivity contribution in [3.8, 4) is 0 Å². The average Bonchev–Trinajstić information content (AvgIpc) is 3.19. The first kappa shape index (κ1) is 19.1. The number of hydrogen-bond acceptors (Lipinski definition) is 2. The van der Waals surface area contributed by atoms with Gasteiger partial charge in [0.05, 0.1) is 22.0 Å². The van der Waals surface area contributed by atoms with E-state index in [0.29, 0.717) is 17.9 Å². The van der Waals surface area contributed by atoms with E-state index in [1.807, 2.05) is 0 Å². The van der Waals surface area contributed by atoms with Gasteiger partial charge in [0.1, 0.15) is 5.82 Å². The quantitative estimate of drug-likeness (QED) is 0.741. The summed E-state index contributed by atoms with van der Waals surface area (Å²) >= 11 is 12.4. The number of amides is 1. The molecule has 2 unspecified atom stereocenters. The average molecular weight is 406 g/mol. The lowest BCUT2D eigenvalue weighted by Crippen LogP contribution is -2.42. The molecule has 1 aliphatic heterocycles. The molecule has 3 rings (SSSR count). The SMILES string of the molecule is CC1([C@H](NC(=O)C2CCS(=O)C2)c2c(F)ccc(Cl)c2Cl)CCCC1. The minimum absolute atomic E-state index is 0.162. The van der Waals surface area contributed by atoms with E-state index in [1.54, 1.807) is 0 Å². The topological polar surface area (TPSA) is 46.2 Å². The van der Waals surface area contributed by atoms with Crippen LogP contribution in [0, 0.1) is 17.2 Å². The highest BCUT2D eigenvalue weighted by molar-refractivity contribution is 7.85. The van der Waals surface area contributed by atoms with Gasteiger partial charge in [-0.1, -0.05) is 43.0 Å². The Kier molecular flexibility index (Phi) is 5.76. The van der Waals surface area contributed by atoms with Crippen molar-refractivity contribution in [1.82, 2.24) is 5.32 Å². The van der Waals surface area contributed by atoms with Gasteiger partial charge in [0.15, 0.2) is 0 Å². The van der Waals surface area contributed by atoms with Crippen LogP contribution in [0.3, 0.4) is 0 Å². The van der Waals surface area contributed by atoms with Crippen molar-refractivity contribution in [3.63, 3.8) is 0 Å². The lowest BCUT2D eigenvalue weighted by atomic mass is 9.76. The molecule has 2 fully saturated rings. The van der Waals surface area contributed by atoms with Crippen LogP contribution in [0.5, 0.6) is 0 Å². The van der Waals surface area contributed by atoms with Gasteiger partial charge in [0.25, 0.3) is 0 Å². The highest BCUT2D eigenvalue weighted by atomic mass is 35.5. The number of benzene rings is 1. The molecule has 7 heteroatoms. The Balaban J connectivity index is 1.95. The van der Waals surface area contributed by atoms with Crippen molar-refractivity contribution >= 4 is 39.9 Å². The molecule has 3 atom stereocenters. The van der Waals surface area contributed by atoms with E-state index in [0.717, 1.165) is 25.7 Å². The third kappa shape index (κ3) is 3.88. The van der Waals surface area contributed by atoms with Crippen LogP contribution >= 0.6 is 23.2 Å². The molecule has 1 aromatic rings. The molecule has 0 aromatic heterocycles. The van der Waals surface area contributed by atoms with Gasteiger partial charge in [-0.15, -0.1) is 0 Å². The fourth-order valence-electron chi connectivity index (χ4n) is 4.01. The summed E-state index contributed by atoms with van der Waals surface area (Å²) in [6.45, 7) is 2.06. The Hall–Kier alpha value is -0.650. The van der Waals surface area contributed by atoms with E-state index in [4.69, 9.17) is 23.2 Å². The Bertz CT molecular complexity index is 707. The van der Waals surface area contributed by atoms with Gasteiger partial charge >= 0.3 is 0 Å². The molecular formula is C18H22Cl2FNO2S. The van der Waals surface area contributed by atoms with Crippen molar-refractivity contribution in [2.45, 2.75) is 45.1 Å². The second-order valence-electron chi connectivity index (χ2n) is 7.36. The van der Waals surface area contributed by atoms with Crippen LogP contribution in [-0.4, -0.2) is 21.6 Å². The second-order valence-corrected chi connectivity index (χ2v) is 9.76. The minimum Gasteiger partial charge on any atom is -0.348 e. The number of halogens is 3. The molecule has 138 valence electrons. The molecule has 1 aromatic carbocycles. The molecule has 0 radical (unpaired) electrons. The monoisotopic (exact) mass is 405 g/mol. The lowest BCUT2D eigenvalue weighted by molar-refractivity contribution is -0.126. The molecule has 1 amide bonds. The third-order valence-corrected chi connectivity index (χ3v) is 7.83. The van der Waals surface area contributed by atoms with Crippen LogP contribution < -0.4 is 5.32 Å². The predicted molar refractivity (Wildman–Crippen MR) is 99.9 cm³/mol. The van der Waals surface area contributed by atoms with Crippen LogP contribution in [0.2, 0.25) is 10.0 Å². The molecule has 1 saturated carbocycles. The summed E-state index contributed by atoms with van der Waals surface area (Å²) in [7, 11) is -0.940. The summed E-state index contributed by atoms with van der Waals surface area (Å²) in [6, 6.07) is 2.19. The Morgan fingerprint density at radius 3 is 2.64 bits per heavy atom. The van der Waals surface area contributed by atoms with E-state index >= 15 is 0 Å². The Morgan fingerprint density at radius 2 is 2.04 bits per heavy atom. The fraction of sp³-hybridized carbons (Fsp3) is 0.611. The van der Waals surface area contributed by atoms with Gasteiger partial charge in [0, 0.05) is 27.9 Å². The van der Waals surface area contributed by atoms with Gasteiger partial charge in [-0.05, 0) is 36.8 Å². The van der Waals surface area contributed by atoms with Crippen LogP contribution in [0.4, 0.5) is 4.39 Å². The van der Waals surface area contributed by atoms with Gasteiger partial charge in [-0.2, -0.15) is 0 Å². The van der Waals surface area contributed by atoms with Gasteiger partial charge in [-0.25, -0.2) is 4.39 Å². The highest BCUT2D eigenvalue weighted by Crippen LogP contribution is 2.50. The maximum absolute atomic E-state index is 14.7. The first-order valence-electron chi connectivity index (χ1n) is 8.60. The number of nitrogens with one attached hydrogen (secondary N) is 1. The normalized spacial score (nSPS) is 26.6. The Morgan fingerprint density at radius 1 is 1.36 bits per heavy atom. The molecule has 0 spiro atoms. The van der Waals surface area contributed by atoms with Crippen molar-refractivity contribution in [3.05, 3.63) is 33.6 Å². The van der Waals surface area contributed by atoms with E-state index < -0.39 is 22.7 Å². The largest absolute Gasteiger partial charge is 0.348 e. The standard InChI is InChI=1S/C18H22Cl2FNO2S/c1-18(7-2-3-8-18)16(14-13(21)5-4-12(19)15(14)20)22-17(23)11-6-9-25(24)10-11/h4-5,11,16H,2-3,6-10H2,1H3,(H,22,23)/t11?,16-,25?/m1/s1. The predicted octanol–water partition coefficient (Wildman–Crippen LogP) is 4.64. The third-order valence-electron chi connectivity index (χ3n) is 5.55. The smallest absolute Gasteiger partial charge is 0.224 e. The molecule has 1 aliphatic carbocycles. The van der Waals surface area contributed by atoms with Crippen molar-refractivity contribution in [2.75, 3.05) is 11.5 Å². The maximum atomic E-state index is 14.7. The van der Waals surface area contributed by atoms with Gasteiger partial charge in [-0.3, -0.25) is 9.00 Å². The zero-order valence-corrected chi connectivity index (χ0v) is 16.4. The first-order valence-corrected chi connectivity index (χ1v) is 10.8. The molecule has 1 heterocycles. The van der Waals surface area contributed by atoms with Gasteiger partial charge < -0.3 is 5.32 Å². The lowest BCUT2D eigenvalue weighted by Gasteiger charge is -2.36. The summed E-state index contributed by atoms with van der Waals surface area (Å²) in [4.78, 5) is 12.7. The summed E-state index contributed by atoms with van der Waals surface area (Å²) < 4.78 is 26.3. The molecule has 1 saturated heterocycles. The van der Waals surface area contributed by atoms with Gasteiger partial charge in [0.2, 0.25) is 5.91 Å². The molecular weight excluding hydrogens is 384 g/mol. The summed E-state index contributed by atoms with van der Waals surface area (Å²) in [5, 5.41) is 3.47. The fourth-order valence-corrected chi connectivity index (χ4v) is 5.91. The number of hydrogen-bond donors (Lipinski definition) is 1. The zero-order chi connectivity index (χ0) is 18.2. The van der Waals surface area contributed by atoms with E-state index in [2.05, 4.69) is 12.2 Å². The first-order chi connectivity index (χ1) is 11.8. The number of carbonyl (C=O) groups excluding carboxylic acids is 1. The number of carbonyl (C=O) groups is 1. The second kappa shape index (κ2) is 7.53. The summed E-state index contributed by atoms with van der Waals surface area (Å²) in [6.07, 6.45) is 4.45. The van der Waals surface area contributed by atoms with Crippen LogP contribution in [0.25, 0.3) is 0 Å². The number of rotatable bonds is 4. The molecule has 1 N–H and O–H groups in total. The molecule has 3 nitrogen and oxygen atoms in total. The minimum atomic E-state index is -0.940. The molecule has 25 heavy (non-hydrogen) atoms. The molecule has 0 bridgehead atoms. The van der Waals surface area contributed by atoms with Crippen LogP contribution in [0.15, 0.2) is 12.1 Å². The van der Waals surface area contributed by atoms with Crippen molar-refractivity contribution in [2.24, 2.45) is 11.3 Å². The molecule has 2 aliphatic rings. The van der Waals surface area contributed by atoms with E-state index in [-0.39, 0.29) is 32.8 Å². The highest BCUT2D eigenvalue weighted by Gasteiger charge is 2.42. The summed E-state index contributed by atoms with van der Waals surface area (Å²) in [5.41, 5.74) is -0.00574. The summed E-state index contributed by atoms with van der Waals surface area (Å²) in [5.74, 6) is 0.0180. The van der Waals surface area contributed by atoms with Crippen molar-refractivity contribution in [1.29, 1.82) is 0 Å². The van der Waals surface area contributed by atoms with Crippen molar-refractivity contribution < 1.29 is 13.4 Å². The Labute approximate surface area is 160 Å². The van der Waals surface area contributed by atoms with Crippen LogP contribution in [-0.2, 0) is 15.6 Å². The van der Waals surface area contributed by atoms with E-state index in [9.17, 15) is 13.4 Å². The van der Waals surface area contributed by atoms with E-state index in [1.165, 1.54) is 12.1 Å².